The topological polar surface area (TPSA) is 248 Å². The molecule has 0 saturated carbocycles. The molecule has 3 aliphatic rings. The van der Waals surface area contributed by atoms with Crippen LogP contribution in [0.15, 0.2) is 78.9 Å². The third-order valence-corrected chi connectivity index (χ3v) is 18.6. The minimum absolute atomic E-state index is 0.0672. The van der Waals surface area contributed by atoms with Crippen LogP contribution in [0.1, 0.15) is 112 Å². The maximum atomic E-state index is 15.7. The lowest BCUT2D eigenvalue weighted by Gasteiger charge is -2.41. The Morgan fingerprint density at radius 3 is 1.76 bits per heavy atom. The summed E-state index contributed by atoms with van der Waals surface area (Å²) in [7, 11) is 8.00. The molecular weight excluding hydrogens is 1120 g/mol. The molecule has 13 atom stereocenters. The molecule has 6 N–H and O–H groups in total. The van der Waals surface area contributed by atoms with Crippen LogP contribution in [0.4, 0.5) is 5.69 Å². The molecule has 3 fully saturated rings. The number of hydrogen-bond donors (Lipinski definition) is 6. The van der Waals surface area contributed by atoms with Crippen LogP contribution in [0.25, 0.3) is 11.1 Å². The van der Waals surface area contributed by atoms with Gasteiger partial charge in [-0.25, -0.2) is 0 Å². The van der Waals surface area contributed by atoms with Gasteiger partial charge in [-0.1, -0.05) is 115 Å². The second-order valence-corrected chi connectivity index (χ2v) is 26.1. The summed E-state index contributed by atoms with van der Waals surface area (Å²) in [6.07, 6.45) is -2.77. The summed E-state index contributed by atoms with van der Waals surface area (Å²) in [5, 5.41) is 45.7. The molecule has 9 unspecified atom stereocenters. The van der Waals surface area contributed by atoms with Gasteiger partial charge in [0.15, 0.2) is 6.10 Å². The van der Waals surface area contributed by atoms with Crippen molar-refractivity contribution in [3.8, 4) is 11.1 Å². The molecule has 0 aliphatic carbocycles. The highest BCUT2D eigenvalue weighted by Crippen LogP contribution is 2.30. The van der Waals surface area contributed by atoms with Crippen molar-refractivity contribution in [3.05, 3.63) is 90.0 Å². The molecule has 3 aromatic rings. The van der Waals surface area contributed by atoms with Gasteiger partial charge in [0.05, 0.1) is 23.7 Å². The zero-order valence-corrected chi connectivity index (χ0v) is 54.8. The first-order valence-corrected chi connectivity index (χ1v) is 31.6. The van der Waals surface area contributed by atoms with Crippen molar-refractivity contribution < 1.29 is 53.6 Å². The predicted octanol–water partition coefficient (Wildman–Crippen LogP) is 4.10. The fourth-order valence-corrected chi connectivity index (χ4v) is 12.2. The number of cyclic esters (lactones) is 1. The molecular formula is C67H102N10O11. The number of aliphatic hydroxyl groups is 3. The summed E-state index contributed by atoms with van der Waals surface area (Å²) >= 11 is 0. The molecule has 0 bridgehead atoms. The van der Waals surface area contributed by atoms with Gasteiger partial charge in [0.1, 0.15) is 42.7 Å². The van der Waals surface area contributed by atoms with E-state index in [1.807, 2.05) is 89.2 Å². The van der Waals surface area contributed by atoms with Gasteiger partial charge in [0, 0.05) is 58.4 Å². The minimum Gasteiger partial charge on any atom is -0.451 e. The number of rotatable bonds is 13. The second kappa shape index (κ2) is 31.3. The molecule has 21 nitrogen and oxygen atoms in total. The molecule has 3 aromatic carbocycles. The fraction of sp³-hybridized carbons (Fsp3) is 0.627. The summed E-state index contributed by atoms with van der Waals surface area (Å²) in [4.78, 5) is 115. The van der Waals surface area contributed by atoms with Crippen LogP contribution in [-0.2, 0) is 51.1 Å². The van der Waals surface area contributed by atoms with Gasteiger partial charge in [-0.05, 0) is 134 Å². The molecule has 6 amide bonds. The van der Waals surface area contributed by atoms with Gasteiger partial charge in [0.2, 0.25) is 29.5 Å². The highest BCUT2D eigenvalue weighted by molar-refractivity contribution is 5.95. The number of aliphatic hydroxyl groups excluding tert-OH is 2. The highest BCUT2D eigenvalue weighted by atomic mass is 16.6. The van der Waals surface area contributed by atoms with Crippen molar-refractivity contribution in [3.63, 3.8) is 0 Å². The maximum absolute atomic E-state index is 15.7. The highest BCUT2D eigenvalue weighted by Gasteiger charge is 2.47. The standard InChI is InChI=1S/C67H102N10O11/c1-16-42(5)55-64(84)72(12)44(7)58(78)68-51(37-41(3)4)62(82)75(15)57(67(9,10)87)66(86)88-56(43(6)17-2)65(85)73(13)45(8)59(79)69-52(39-46-23-19-18-20-24-46)61(81)74(14)54(63(83)77-32-22-27-53(77)60(80)70-55)40-47-25-21-26-49(38-47)48-28-30-50(31-29-48)76-35-33-71(11)34-36-76/h18-21,23-26,28-31,38,41-45,51-57,61-62,81-82,87H,16-17,22,27,32-37,39-40H2,1-15H3,(H,68,78)(H,69,79)(H,70,80)/t42?,43-,44+,45+,51?,52?,53+,54?,55?,56?,57?,61?,62?/m1/s1. The molecule has 3 heterocycles. The first kappa shape index (κ1) is 70.6. The van der Waals surface area contributed by atoms with Crippen LogP contribution in [0.5, 0.6) is 0 Å². The number of carbonyl (C=O) groups is 7. The van der Waals surface area contributed by atoms with Crippen LogP contribution in [0.2, 0.25) is 0 Å². The van der Waals surface area contributed by atoms with E-state index in [0.29, 0.717) is 19.3 Å². The van der Waals surface area contributed by atoms with Gasteiger partial charge in [0.25, 0.3) is 5.91 Å². The third-order valence-electron chi connectivity index (χ3n) is 18.6. The molecule has 0 spiro atoms. The minimum atomic E-state index is -1.90. The summed E-state index contributed by atoms with van der Waals surface area (Å²) in [5.74, 6) is -5.83. The summed E-state index contributed by atoms with van der Waals surface area (Å²) in [6.45, 7) is 20.7. The van der Waals surface area contributed by atoms with E-state index in [2.05, 4.69) is 57.1 Å². The molecule has 3 saturated heterocycles. The summed E-state index contributed by atoms with van der Waals surface area (Å²) in [6, 6.07) is 16.0. The number of ether oxygens (including phenoxy) is 1. The van der Waals surface area contributed by atoms with Crippen molar-refractivity contribution >= 4 is 47.1 Å². The first-order chi connectivity index (χ1) is 41.5. The Morgan fingerprint density at radius 2 is 1.18 bits per heavy atom. The maximum Gasteiger partial charge on any atom is 0.327 e. The average Bonchev–Trinajstić information content (AvgIpc) is 1.80. The normalized spacial score (nSPS) is 28.2. The Balaban J connectivity index is 1.45. The Morgan fingerprint density at radius 1 is 0.614 bits per heavy atom. The largest absolute Gasteiger partial charge is 0.451 e. The van der Waals surface area contributed by atoms with Crippen molar-refractivity contribution in [1.82, 2.24) is 45.3 Å². The Labute approximate surface area is 522 Å². The Hall–Kier alpha value is -6.49. The Kier molecular flexibility index (Phi) is 25.1. The molecule has 6 rings (SSSR count). The van der Waals surface area contributed by atoms with Crippen molar-refractivity contribution in [2.75, 3.05) is 72.9 Å². The van der Waals surface area contributed by atoms with Crippen molar-refractivity contribution in [2.24, 2.45) is 17.8 Å². The Bertz CT molecular complexity index is 2830. The third kappa shape index (κ3) is 17.5. The van der Waals surface area contributed by atoms with Crippen LogP contribution < -0.4 is 20.9 Å². The number of carbonyl (C=O) groups excluding carboxylic acids is 7. The van der Waals surface area contributed by atoms with Crippen molar-refractivity contribution in [2.45, 2.75) is 187 Å². The second-order valence-electron chi connectivity index (χ2n) is 26.1. The van der Waals surface area contributed by atoms with E-state index in [9.17, 15) is 44.1 Å². The predicted molar refractivity (Wildman–Crippen MR) is 340 cm³/mol. The molecule has 0 aromatic heterocycles. The van der Waals surface area contributed by atoms with Crippen LogP contribution >= 0.6 is 0 Å². The van der Waals surface area contributed by atoms with E-state index in [4.69, 9.17) is 4.74 Å². The number of fused-ring (bicyclic) bond motifs is 1. The van der Waals surface area contributed by atoms with E-state index in [0.717, 1.165) is 54.1 Å². The lowest BCUT2D eigenvalue weighted by atomic mass is 9.94. The number of likely N-dealkylation sites (N-methyl/N-ethyl adjacent to an activating group) is 5. The number of hydrogen-bond acceptors (Lipinski definition) is 15. The first-order valence-electron chi connectivity index (χ1n) is 31.6. The zero-order chi connectivity index (χ0) is 65.1. The number of benzene rings is 3. The van der Waals surface area contributed by atoms with Gasteiger partial charge < -0.3 is 60.5 Å². The van der Waals surface area contributed by atoms with E-state index >= 15 is 4.79 Å². The van der Waals surface area contributed by atoms with Crippen molar-refractivity contribution in [1.29, 1.82) is 0 Å². The number of anilines is 1. The van der Waals surface area contributed by atoms with E-state index < -0.39 is 126 Å². The van der Waals surface area contributed by atoms with E-state index in [1.165, 1.54) is 73.3 Å². The SMILES string of the molecule is CCC(C)C1NC(=O)[C@@H]2CCCN2C(=O)C(Cc2cccc(-c3ccc(N4CCN(C)CC4)cc3)c2)N(C)C(O)C(Cc2ccccc2)NC(=O)[C@H](C)N(C)C(=O)C([C@H](C)CC)OC(=O)C(C(C)(C)O)N(C)C(O)C(CC(C)C)NC(=O)[C@H](C)N(C)C1=O. The number of nitrogens with one attached hydrogen (secondary N) is 3. The van der Waals surface area contributed by atoms with Gasteiger partial charge in [-0.3, -0.25) is 43.4 Å². The van der Waals surface area contributed by atoms with Crippen LogP contribution in [0, 0.1) is 17.8 Å². The lowest BCUT2D eigenvalue weighted by molar-refractivity contribution is -0.181. The zero-order valence-electron chi connectivity index (χ0n) is 54.8. The molecule has 88 heavy (non-hydrogen) atoms. The number of nitrogens with zero attached hydrogens (tertiary/aromatic N) is 7. The molecule has 3 aliphatic heterocycles. The van der Waals surface area contributed by atoms with E-state index in [1.54, 1.807) is 14.0 Å². The molecule has 486 valence electrons. The fourth-order valence-electron chi connectivity index (χ4n) is 12.2. The van der Waals surface area contributed by atoms with Gasteiger partial charge >= 0.3 is 5.97 Å². The molecule has 21 heteroatoms. The van der Waals surface area contributed by atoms with Crippen LogP contribution in [0.3, 0.4) is 0 Å². The quantitative estimate of drug-likeness (QED) is 0.132. The van der Waals surface area contributed by atoms with Crippen LogP contribution in [-0.4, -0.2) is 227 Å². The number of amides is 6. The van der Waals surface area contributed by atoms with Gasteiger partial charge in [-0.15, -0.1) is 0 Å². The smallest absolute Gasteiger partial charge is 0.327 e. The number of esters is 1. The average molecular weight is 1220 g/mol. The summed E-state index contributed by atoms with van der Waals surface area (Å²) in [5.41, 5.74) is 2.61. The summed E-state index contributed by atoms with van der Waals surface area (Å²) < 4.78 is 6.10. The molecule has 0 radical (unpaired) electrons. The van der Waals surface area contributed by atoms with E-state index in [-0.39, 0.29) is 38.1 Å². The lowest BCUT2D eigenvalue weighted by Crippen LogP contribution is -2.63. The number of piperazine rings is 1. The monoisotopic (exact) mass is 1220 g/mol. The van der Waals surface area contributed by atoms with Gasteiger partial charge in [-0.2, -0.15) is 0 Å².